The van der Waals surface area contributed by atoms with Crippen molar-refractivity contribution in [2.75, 3.05) is 5.32 Å². The zero-order chi connectivity index (χ0) is 19.7. The molecule has 3 N–H and O–H groups in total. The third kappa shape index (κ3) is 4.05. The number of thiocarbonyl (C=S) groups is 1. The van der Waals surface area contributed by atoms with Crippen molar-refractivity contribution in [3.8, 4) is 0 Å². The van der Waals surface area contributed by atoms with Crippen molar-refractivity contribution in [2.24, 2.45) is 0 Å². The molecule has 1 heterocycles. The molecule has 1 amide bonds. The van der Waals surface area contributed by atoms with Crippen molar-refractivity contribution in [3.63, 3.8) is 0 Å². The smallest absolute Gasteiger partial charge is 0.255 e. The van der Waals surface area contributed by atoms with E-state index in [1.54, 1.807) is 25.1 Å². The number of hydrogen-bond acceptors (Lipinski definition) is 2. The maximum atomic E-state index is 13.4. The maximum Gasteiger partial charge on any atom is 0.255 e. The number of halogens is 4. The average molecular weight is 428 g/mol. The minimum Gasteiger partial charge on any atom is -0.351 e. The van der Waals surface area contributed by atoms with E-state index in [1.165, 1.54) is 6.07 Å². The van der Waals surface area contributed by atoms with Crippen LogP contribution in [0.25, 0.3) is 0 Å². The number of anilines is 1. The second kappa shape index (κ2) is 7.80. The van der Waals surface area contributed by atoms with E-state index < -0.39 is 23.6 Å². The number of rotatable bonds is 3. The molecular weight excluding hydrogens is 415 g/mol. The molecule has 0 bridgehead atoms. The summed E-state index contributed by atoms with van der Waals surface area (Å²) in [5.41, 5.74) is 1.46. The summed E-state index contributed by atoms with van der Waals surface area (Å²) in [6, 6.07) is 7.49. The molecule has 9 heteroatoms. The highest BCUT2D eigenvalue weighted by Gasteiger charge is 2.31. The molecule has 0 aromatic heterocycles. The van der Waals surface area contributed by atoms with Crippen LogP contribution in [-0.4, -0.2) is 11.0 Å². The van der Waals surface area contributed by atoms with Gasteiger partial charge in [-0.2, -0.15) is 0 Å². The predicted octanol–water partition coefficient (Wildman–Crippen LogP) is 4.70. The maximum absolute atomic E-state index is 13.4. The Balaban J connectivity index is 1.99. The number of carbonyl (C=O) groups is 1. The van der Waals surface area contributed by atoms with Crippen molar-refractivity contribution < 1.29 is 13.6 Å². The molecule has 0 fully saturated rings. The molecule has 1 aliphatic heterocycles. The summed E-state index contributed by atoms with van der Waals surface area (Å²) < 4.78 is 26.5. The molecular formula is C18H13Cl2F2N3OS. The highest BCUT2D eigenvalue weighted by atomic mass is 35.5. The lowest BCUT2D eigenvalue weighted by Gasteiger charge is -2.31. The summed E-state index contributed by atoms with van der Waals surface area (Å²) >= 11 is 17.6. The largest absolute Gasteiger partial charge is 0.351 e. The molecule has 1 atom stereocenters. The minimum atomic E-state index is -1.06. The molecule has 0 saturated heterocycles. The molecule has 2 aromatic rings. The van der Waals surface area contributed by atoms with Gasteiger partial charge in [-0.1, -0.05) is 35.3 Å². The van der Waals surface area contributed by atoms with Crippen molar-refractivity contribution in [2.45, 2.75) is 13.0 Å². The van der Waals surface area contributed by atoms with Crippen LogP contribution < -0.4 is 16.0 Å². The highest BCUT2D eigenvalue weighted by Crippen LogP contribution is 2.35. The summed E-state index contributed by atoms with van der Waals surface area (Å²) in [7, 11) is 0. The SMILES string of the molecule is CC1=C(C(=O)Nc2ccc(F)c(F)c2)C(c2cccc(Cl)c2Cl)NC(=S)N1. The third-order valence-electron chi connectivity index (χ3n) is 3.98. The summed E-state index contributed by atoms with van der Waals surface area (Å²) in [6.45, 7) is 1.68. The van der Waals surface area contributed by atoms with E-state index >= 15 is 0 Å². The van der Waals surface area contributed by atoms with Crippen LogP contribution >= 0.6 is 35.4 Å². The van der Waals surface area contributed by atoms with Crippen LogP contribution in [0.15, 0.2) is 47.7 Å². The molecule has 0 radical (unpaired) electrons. The fraction of sp³-hybridized carbons (Fsp3) is 0.111. The second-order valence-corrected chi connectivity index (χ2v) is 6.99. The number of amides is 1. The molecule has 0 spiro atoms. The Kier molecular flexibility index (Phi) is 5.64. The highest BCUT2D eigenvalue weighted by molar-refractivity contribution is 7.80. The zero-order valence-corrected chi connectivity index (χ0v) is 16.2. The Morgan fingerprint density at radius 1 is 1.19 bits per heavy atom. The van der Waals surface area contributed by atoms with E-state index in [1.807, 2.05) is 0 Å². The summed E-state index contributed by atoms with van der Waals surface area (Å²) in [5, 5.41) is 9.36. The van der Waals surface area contributed by atoms with Gasteiger partial charge in [0, 0.05) is 17.5 Å². The van der Waals surface area contributed by atoms with Gasteiger partial charge in [0.05, 0.1) is 21.7 Å². The first-order chi connectivity index (χ1) is 12.8. The monoisotopic (exact) mass is 427 g/mol. The zero-order valence-electron chi connectivity index (χ0n) is 13.9. The first-order valence-electron chi connectivity index (χ1n) is 7.76. The van der Waals surface area contributed by atoms with Crippen molar-refractivity contribution in [1.29, 1.82) is 0 Å². The molecule has 27 heavy (non-hydrogen) atoms. The molecule has 0 aliphatic carbocycles. The van der Waals surface area contributed by atoms with Gasteiger partial charge in [-0.15, -0.1) is 0 Å². The van der Waals surface area contributed by atoms with Gasteiger partial charge < -0.3 is 16.0 Å². The molecule has 4 nitrogen and oxygen atoms in total. The van der Waals surface area contributed by atoms with Crippen LogP contribution in [0.1, 0.15) is 18.5 Å². The Bertz CT molecular complexity index is 981. The number of nitrogens with one attached hydrogen (secondary N) is 3. The predicted molar refractivity (Wildman–Crippen MR) is 106 cm³/mol. The van der Waals surface area contributed by atoms with E-state index in [-0.39, 0.29) is 16.3 Å². The Morgan fingerprint density at radius 2 is 1.93 bits per heavy atom. The lowest BCUT2D eigenvalue weighted by molar-refractivity contribution is -0.113. The number of benzene rings is 2. The van der Waals surface area contributed by atoms with Crippen LogP contribution in [0.2, 0.25) is 10.0 Å². The topological polar surface area (TPSA) is 53.2 Å². The van der Waals surface area contributed by atoms with Gasteiger partial charge in [0.1, 0.15) is 0 Å². The molecule has 140 valence electrons. The van der Waals surface area contributed by atoms with E-state index in [0.717, 1.165) is 12.1 Å². The van der Waals surface area contributed by atoms with Gasteiger partial charge in [0.25, 0.3) is 5.91 Å². The van der Waals surface area contributed by atoms with Crippen molar-refractivity contribution in [1.82, 2.24) is 10.6 Å². The average Bonchev–Trinajstić information content (AvgIpc) is 2.59. The Hall–Kier alpha value is -2.22. The van der Waals surface area contributed by atoms with Gasteiger partial charge in [-0.3, -0.25) is 4.79 Å². The molecule has 3 rings (SSSR count). The van der Waals surface area contributed by atoms with Crippen LogP contribution in [0.3, 0.4) is 0 Å². The van der Waals surface area contributed by atoms with E-state index in [2.05, 4.69) is 16.0 Å². The quantitative estimate of drug-likeness (QED) is 0.621. The number of hydrogen-bond donors (Lipinski definition) is 3. The lowest BCUT2D eigenvalue weighted by Crippen LogP contribution is -2.45. The number of carbonyl (C=O) groups excluding carboxylic acids is 1. The second-order valence-electron chi connectivity index (χ2n) is 5.80. The Labute approximate surface area is 169 Å². The summed E-state index contributed by atoms with van der Waals surface area (Å²) in [5.74, 6) is -2.59. The van der Waals surface area contributed by atoms with E-state index in [0.29, 0.717) is 21.4 Å². The molecule has 2 aromatic carbocycles. The van der Waals surface area contributed by atoms with Crippen LogP contribution in [0, 0.1) is 11.6 Å². The van der Waals surface area contributed by atoms with Crippen molar-refractivity contribution >= 4 is 52.1 Å². The van der Waals surface area contributed by atoms with Gasteiger partial charge >= 0.3 is 0 Å². The van der Waals surface area contributed by atoms with Gasteiger partial charge in [0.15, 0.2) is 16.7 Å². The fourth-order valence-electron chi connectivity index (χ4n) is 2.74. The summed E-state index contributed by atoms with van der Waals surface area (Å²) in [6.07, 6.45) is 0. The molecule has 0 saturated carbocycles. The van der Waals surface area contributed by atoms with Gasteiger partial charge in [-0.25, -0.2) is 8.78 Å². The Morgan fingerprint density at radius 3 is 2.63 bits per heavy atom. The fourth-order valence-corrected chi connectivity index (χ4v) is 3.43. The van der Waals surface area contributed by atoms with E-state index in [9.17, 15) is 13.6 Å². The van der Waals surface area contributed by atoms with Crippen LogP contribution in [0.5, 0.6) is 0 Å². The van der Waals surface area contributed by atoms with Gasteiger partial charge in [-0.05, 0) is 42.9 Å². The first-order valence-corrected chi connectivity index (χ1v) is 8.93. The summed E-state index contributed by atoms with van der Waals surface area (Å²) in [4.78, 5) is 12.9. The normalized spacial score (nSPS) is 16.6. The standard InChI is InChI=1S/C18H13Cl2F2N3OS/c1-8-14(17(26)24-9-5-6-12(21)13(22)7-9)16(25-18(27)23-8)10-3-2-4-11(19)15(10)20/h2-7,16H,1H3,(H,24,26)(H2,23,25,27). The van der Waals surface area contributed by atoms with E-state index in [4.69, 9.17) is 35.4 Å². The molecule has 1 aliphatic rings. The number of allylic oxidation sites excluding steroid dienone is 1. The third-order valence-corrected chi connectivity index (χ3v) is 5.04. The van der Waals surface area contributed by atoms with Crippen LogP contribution in [0.4, 0.5) is 14.5 Å². The van der Waals surface area contributed by atoms with Crippen LogP contribution in [-0.2, 0) is 4.79 Å². The first kappa shape index (κ1) is 19.5. The lowest BCUT2D eigenvalue weighted by atomic mass is 9.95. The van der Waals surface area contributed by atoms with Crippen molar-refractivity contribution in [3.05, 3.63) is 74.9 Å². The van der Waals surface area contributed by atoms with Gasteiger partial charge in [0.2, 0.25) is 0 Å². The minimum absolute atomic E-state index is 0.114. The molecule has 1 unspecified atom stereocenters.